The first-order chi connectivity index (χ1) is 8.81. The third kappa shape index (κ3) is 5.83. The molecule has 0 fully saturated rings. The molecule has 1 heterocycles. The largest absolute Gasteiger partial charge is 0.352 e. The van der Waals surface area contributed by atoms with E-state index in [1.807, 2.05) is 19.3 Å². The standard InChI is InChI=1S/C15H26N4/c1-7-19(11-12(2)3)14-10-16-8-13(18-14)9-17-15(4,5)6/h8,10,17H,2,7,9,11H2,1,3-6H3. The van der Waals surface area contributed by atoms with Crippen LogP contribution in [0.1, 0.15) is 40.3 Å². The van der Waals surface area contributed by atoms with Crippen molar-refractivity contribution in [3.63, 3.8) is 0 Å². The van der Waals surface area contributed by atoms with Crippen molar-refractivity contribution < 1.29 is 0 Å². The summed E-state index contributed by atoms with van der Waals surface area (Å²) in [6, 6.07) is 0. The number of nitrogens with zero attached hydrogens (tertiary/aromatic N) is 3. The lowest BCUT2D eigenvalue weighted by Gasteiger charge is -2.23. The number of rotatable bonds is 6. The maximum atomic E-state index is 4.66. The molecule has 0 saturated heterocycles. The van der Waals surface area contributed by atoms with Gasteiger partial charge in [0.2, 0.25) is 0 Å². The average molecular weight is 262 g/mol. The van der Waals surface area contributed by atoms with Crippen molar-refractivity contribution in [1.82, 2.24) is 15.3 Å². The molecule has 4 heteroatoms. The summed E-state index contributed by atoms with van der Waals surface area (Å²) in [5, 5.41) is 3.42. The van der Waals surface area contributed by atoms with Crippen molar-refractivity contribution in [2.75, 3.05) is 18.0 Å². The van der Waals surface area contributed by atoms with Crippen LogP contribution >= 0.6 is 0 Å². The van der Waals surface area contributed by atoms with E-state index in [1.165, 1.54) is 0 Å². The molecular formula is C15H26N4. The van der Waals surface area contributed by atoms with Gasteiger partial charge in [0.15, 0.2) is 0 Å². The second-order valence-electron chi connectivity index (χ2n) is 5.94. The smallest absolute Gasteiger partial charge is 0.147 e. The molecule has 106 valence electrons. The molecule has 0 spiro atoms. The van der Waals surface area contributed by atoms with E-state index >= 15 is 0 Å². The van der Waals surface area contributed by atoms with Gasteiger partial charge in [0.05, 0.1) is 11.9 Å². The van der Waals surface area contributed by atoms with Gasteiger partial charge in [-0.3, -0.25) is 4.98 Å². The molecule has 1 aromatic heterocycles. The monoisotopic (exact) mass is 262 g/mol. The maximum Gasteiger partial charge on any atom is 0.147 e. The van der Waals surface area contributed by atoms with Crippen molar-refractivity contribution in [2.45, 2.75) is 46.7 Å². The van der Waals surface area contributed by atoms with Crippen LogP contribution in [0.2, 0.25) is 0 Å². The second-order valence-corrected chi connectivity index (χ2v) is 5.94. The lowest BCUT2D eigenvalue weighted by atomic mass is 10.1. The Labute approximate surface area is 117 Å². The van der Waals surface area contributed by atoms with Crippen LogP contribution in [-0.2, 0) is 6.54 Å². The molecule has 0 aromatic carbocycles. The Kier molecular flexibility index (Phi) is 5.48. The molecule has 0 aliphatic heterocycles. The van der Waals surface area contributed by atoms with Gasteiger partial charge in [-0.25, -0.2) is 4.98 Å². The molecule has 0 bridgehead atoms. The van der Waals surface area contributed by atoms with E-state index < -0.39 is 0 Å². The third-order valence-corrected chi connectivity index (χ3v) is 2.64. The zero-order valence-electron chi connectivity index (χ0n) is 12.8. The fraction of sp³-hybridized carbons (Fsp3) is 0.600. The van der Waals surface area contributed by atoms with Crippen LogP contribution in [0.25, 0.3) is 0 Å². The summed E-state index contributed by atoms with van der Waals surface area (Å²) >= 11 is 0. The van der Waals surface area contributed by atoms with Crippen molar-refractivity contribution in [3.8, 4) is 0 Å². The van der Waals surface area contributed by atoms with Crippen LogP contribution in [0.5, 0.6) is 0 Å². The zero-order chi connectivity index (χ0) is 14.5. The molecule has 1 rings (SSSR count). The summed E-state index contributed by atoms with van der Waals surface area (Å²) in [4.78, 5) is 11.1. The Morgan fingerprint density at radius 3 is 2.58 bits per heavy atom. The Bertz CT molecular complexity index is 420. The average Bonchev–Trinajstić information content (AvgIpc) is 2.33. The van der Waals surface area contributed by atoms with Crippen LogP contribution in [0.15, 0.2) is 24.5 Å². The van der Waals surface area contributed by atoms with E-state index in [0.717, 1.165) is 36.7 Å². The minimum absolute atomic E-state index is 0.0832. The molecule has 1 aromatic rings. The summed E-state index contributed by atoms with van der Waals surface area (Å²) in [5.41, 5.74) is 2.18. The number of hydrogen-bond donors (Lipinski definition) is 1. The first-order valence-corrected chi connectivity index (χ1v) is 6.77. The lowest BCUT2D eigenvalue weighted by Crippen LogP contribution is -2.35. The number of anilines is 1. The fourth-order valence-electron chi connectivity index (χ4n) is 1.67. The number of aromatic nitrogens is 2. The number of likely N-dealkylation sites (N-methyl/N-ethyl adjacent to an activating group) is 1. The molecule has 19 heavy (non-hydrogen) atoms. The Balaban J connectivity index is 2.77. The summed E-state index contributed by atoms with van der Waals surface area (Å²) < 4.78 is 0. The first-order valence-electron chi connectivity index (χ1n) is 6.77. The summed E-state index contributed by atoms with van der Waals surface area (Å²) in [6.07, 6.45) is 3.63. The summed E-state index contributed by atoms with van der Waals surface area (Å²) in [5.74, 6) is 0.915. The van der Waals surface area contributed by atoms with Gasteiger partial charge in [-0.2, -0.15) is 0 Å². The molecule has 0 unspecified atom stereocenters. The van der Waals surface area contributed by atoms with Gasteiger partial charge in [-0.1, -0.05) is 12.2 Å². The van der Waals surface area contributed by atoms with E-state index in [9.17, 15) is 0 Å². The highest BCUT2D eigenvalue weighted by Crippen LogP contribution is 2.11. The Hall–Kier alpha value is -1.42. The molecule has 4 nitrogen and oxygen atoms in total. The van der Waals surface area contributed by atoms with E-state index in [1.54, 1.807) is 0 Å². The SMILES string of the molecule is C=C(C)CN(CC)c1cncc(CNC(C)(C)C)n1. The van der Waals surface area contributed by atoms with Gasteiger partial charge in [-0.05, 0) is 34.6 Å². The lowest BCUT2D eigenvalue weighted by molar-refractivity contribution is 0.421. The number of nitrogens with one attached hydrogen (secondary N) is 1. The van der Waals surface area contributed by atoms with Crippen LogP contribution in [0, 0.1) is 0 Å². The van der Waals surface area contributed by atoms with Crippen LogP contribution < -0.4 is 10.2 Å². The Morgan fingerprint density at radius 2 is 2.05 bits per heavy atom. The molecule has 0 atom stereocenters. The van der Waals surface area contributed by atoms with E-state index in [4.69, 9.17) is 0 Å². The first kappa shape index (κ1) is 15.6. The van der Waals surface area contributed by atoms with Crippen LogP contribution in [-0.4, -0.2) is 28.6 Å². The quantitative estimate of drug-likeness (QED) is 0.800. The molecule has 0 aliphatic carbocycles. The predicted molar refractivity (Wildman–Crippen MR) is 81.3 cm³/mol. The van der Waals surface area contributed by atoms with Gasteiger partial charge < -0.3 is 10.2 Å². The number of hydrogen-bond acceptors (Lipinski definition) is 4. The topological polar surface area (TPSA) is 41.1 Å². The molecule has 0 radical (unpaired) electrons. The van der Waals surface area contributed by atoms with Crippen molar-refractivity contribution in [3.05, 3.63) is 30.2 Å². The molecule has 0 amide bonds. The van der Waals surface area contributed by atoms with Gasteiger partial charge in [0.1, 0.15) is 5.82 Å². The van der Waals surface area contributed by atoms with Gasteiger partial charge in [0, 0.05) is 31.4 Å². The Morgan fingerprint density at radius 1 is 1.37 bits per heavy atom. The third-order valence-electron chi connectivity index (χ3n) is 2.64. The normalized spacial score (nSPS) is 11.4. The molecule has 0 saturated carbocycles. The molecular weight excluding hydrogens is 236 g/mol. The van der Waals surface area contributed by atoms with Crippen molar-refractivity contribution in [1.29, 1.82) is 0 Å². The van der Waals surface area contributed by atoms with Gasteiger partial charge >= 0.3 is 0 Å². The minimum Gasteiger partial charge on any atom is -0.352 e. The van der Waals surface area contributed by atoms with Gasteiger partial charge in [0.25, 0.3) is 0 Å². The predicted octanol–water partition coefficient (Wildman–Crippen LogP) is 2.77. The van der Waals surface area contributed by atoms with Crippen molar-refractivity contribution >= 4 is 5.82 Å². The van der Waals surface area contributed by atoms with E-state index in [-0.39, 0.29) is 5.54 Å². The van der Waals surface area contributed by atoms with Crippen LogP contribution in [0.3, 0.4) is 0 Å². The highest BCUT2D eigenvalue weighted by molar-refractivity contribution is 5.37. The molecule has 0 aliphatic rings. The second kappa shape index (κ2) is 6.66. The fourth-order valence-corrected chi connectivity index (χ4v) is 1.67. The minimum atomic E-state index is 0.0832. The molecule has 1 N–H and O–H groups in total. The summed E-state index contributed by atoms with van der Waals surface area (Å²) in [7, 11) is 0. The van der Waals surface area contributed by atoms with Gasteiger partial charge in [-0.15, -0.1) is 0 Å². The summed E-state index contributed by atoms with van der Waals surface area (Å²) in [6.45, 7) is 17.0. The highest BCUT2D eigenvalue weighted by atomic mass is 15.2. The van der Waals surface area contributed by atoms with E-state index in [2.05, 4.69) is 54.5 Å². The zero-order valence-corrected chi connectivity index (χ0v) is 12.8. The van der Waals surface area contributed by atoms with E-state index in [0.29, 0.717) is 0 Å². The van der Waals surface area contributed by atoms with Crippen molar-refractivity contribution in [2.24, 2.45) is 0 Å². The van der Waals surface area contributed by atoms with Crippen LogP contribution in [0.4, 0.5) is 5.82 Å². The highest BCUT2D eigenvalue weighted by Gasteiger charge is 2.11. The maximum absolute atomic E-state index is 4.66.